The molecule has 0 unspecified atom stereocenters. The fourth-order valence-corrected chi connectivity index (χ4v) is 4.98. The SMILES string of the molecule is COc1ccc2cc1OCC(=O)NCc1ccc(cc1)O[C@H]1CN(C(=O)C3CCNCC3)C[C@@H]1NC2=O.Cl. The third kappa shape index (κ3) is 6.31. The van der Waals surface area contributed by atoms with E-state index in [4.69, 9.17) is 14.2 Å². The first-order chi connectivity index (χ1) is 18.0. The van der Waals surface area contributed by atoms with Gasteiger partial charge in [-0.25, -0.2) is 0 Å². The van der Waals surface area contributed by atoms with Crippen LogP contribution in [0.5, 0.6) is 17.2 Å². The standard InChI is InChI=1S/C27H32N4O6.ClH/c1-35-22-7-4-19-12-23(22)36-16-25(32)29-13-17-2-5-20(6-3-17)37-24-15-31(14-21(24)30-26(19)33)27(34)18-8-10-28-11-9-18;/h2-7,12,18,21,24,28H,8-11,13-16H2,1H3,(H,29,32)(H,30,33);1H/t21-,24-;/m0./s1. The molecule has 2 atom stereocenters. The van der Waals surface area contributed by atoms with Gasteiger partial charge < -0.3 is 35.1 Å². The monoisotopic (exact) mass is 544 g/mol. The zero-order chi connectivity index (χ0) is 25.8. The Morgan fingerprint density at radius 2 is 1.82 bits per heavy atom. The average molecular weight is 545 g/mol. The molecule has 4 aliphatic rings. The Morgan fingerprint density at radius 1 is 1.05 bits per heavy atom. The fourth-order valence-electron chi connectivity index (χ4n) is 4.98. The van der Waals surface area contributed by atoms with Crippen LogP contribution in [0.25, 0.3) is 0 Å². The van der Waals surface area contributed by atoms with Crippen molar-refractivity contribution in [2.45, 2.75) is 31.5 Å². The largest absolute Gasteiger partial charge is 0.493 e. The summed E-state index contributed by atoms with van der Waals surface area (Å²) < 4.78 is 17.3. The number of amides is 3. The van der Waals surface area contributed by atoms with Crippen LogP contribution in [0, 0.1) is 5.92 Å². The number of fused-ring (bicyclic) bond motifs is 7. The van der Waals surface area contributed by atoms with E-state index in [2.05, 4.69) is 16.0 Å². The number of piperidine rings is 1. The lowest BCUT2D eigenvalue weighted by Gasteiger charge is -2.26. The van der Waals surface area contributed by atoms with E-state index in [0.717, 1.165) is 31.5 Å². The maximum atomic E-state index is 13.3. The van der Waals surface area contributed by atoms with Gasteiger partial charge in [-0.1, -0.05) is 12.1 Å². The number of benzene rings is 2. The van der Waals surface area contributed by atoms with Crippen molar-refractivity contribution >= 4 is 30.1 Å². The number of methoxy groups -OCH3 is 1. The van der Waals surface area contributed by atoms with Crippen LogP contribution >= 0.6 is 12.4 Å². The molecule has 2 aromatic carbocycles. The van der Waals surface area contributed by atoms with E-state index in [9.17, 15) is 14.4 Å². The normalized spacial score (nSPS) is 22.1. The van der Waals surface area contributed by atoms with Crippen molar-refractivity contribution in [3.8, 4) is 17.2 Å². The minimum Gasteiger partial charge on any atom is -0.493 e. The first kappa shape index (κ1) is 27.5. The van der Waals surface area contributed by atoms with Gasteiger partial charge in [-0.2, -0.15) is 0 Å². The van der Waals surface area contributed by atoms with Gasteiger partial charge in [0.2, 0.25) is 5.91 Å². The predicted molar refractivity (Wildman–Crippen MR) is 142 cm³/mol. The van der Waals surface area contributed by atoms with Crippen LogP contribution in [0.3, 0.4) is 0 Å². The molecule has 4 aliphatic heterocycles. The first-order valence-electron chi connectivity index (χ1n) is 12.6. The van der Waals surface area contributed by atoms with Gasteiger partial charge in [-0.05, 0) is 61.8 Å². The van der Waals surface area contributed by atoms with E-state index in [0.29, 0.717) is 42.4 Å². The van der Waals surface area contributed by atoms with Crippen molar-refractivity contribution in [1.29, 1.82) is 0 Å². The molecule has 38 heavy (non-hydrogen) atoms. The molecule has 204 valence electrons. The number of halogens is 1. The van der Waals surface area contributed by atoms with Crippen molar-refractivity contribution in [2.24, 2.45) is 5.92 Å². The highest BCUT2D eigenvalue weighted by Gasteiger charge is 2.40. The van der Waals surface area contributed by atoms with E-state index >= 15 is 0 Å². The maximum absolute atomic E-state index is 13.3. The zero-order valence-electron chi connectivity index (χ0n) is 21.2. The summed E-state index contributed by atoms with van der Waals surface area (Å²) >= 11 is 0. The molecule has 3 amide bonds. The van der Waals surface area contributed by atoms with Crippen LogP contribution in [0.4, 0.5) is 0 Å². The highest BCUT2D eigenvalue weighted by molar-refractivity contribution is 5.95. The minimum atomic E-state index is -0.412. The number of hydrogen-bond acceptors (Lipinski definition) is 7. The van der Waals surface area contributed by atoms with E-state index in [1.165, 1.54) is 7.11 Å². The van der Waals surface area contributed by atoms with Gasteiger partial charge >= 0.3 is 0 Å². The molecular formula is C27H33ClN4O6. The summed E-state index contributed by atoms with van der Waals surface area (Å²) in [7, 11) is 1.50. The third-order valence-corrected chi connectivity index (χ3v) is 7.07. The number of rotatable bonds is 2. The molecule has 3 N–H and O–H groups in total. The molecule has 2 aromatic rings. The molecule has 0 saturated carbocycles. The van der Waals surface area contributed by atoms with E-state index in [1.54, 1.807) is 18.2 Å². The summed E-state index contributed by atoms with van der Waals surface area (Å²) in [4.78, 5) is 40.7. The van der Waals surface area contributed by atoms with Crippen molar-refractivity contribution in [2.75, 3.05) is 39.9 Å². The van der Waals surface area contributed by atoms with Gasteiger partial charge in [0.1, 0.15) is 11.9 Å². The first-order valence-corrected chi connectivity index (χ1v) is 12.6. The highest BCUT2D eigenvalue weighted by atomic mass is 35.5. The second-order valence-corrected chi connectivity index (χ2v) is 9.58. The van der Waals surface area contributed by atoms with Gasteiger partial charge in [0.15, 0.2) is 18.1 Å². The molecule has 11 heteroatoms. The Kier molecular flexibility index (Phi) is 8.96. The van der Waals surface area contributed by atoms with Crippen LogP contribution in [0.2, 0.25) is 0 Å². The average Bonchev–Trinajstić information content (AvgIpc) is 3.32. The molecule has 0 radical (unpaired) electrons. The van der Waals surface area contributed by atoms with Gasteiger partial charge in [0.25, 0.3) is 11.8 Å². The van der Waals surface area contributed by atoms with E-state index < -0.39 is 12.1 Å². The Bertz CT molecular complexity index is 1150. The van der Waals surface area contributed by atoms with Crippen LogP contribution in [0.1, 0.15) is 28.8 Å². The molecule has 4 heterocycles. The molecular weight excluding hydrogens is 512 g/mol. The second-order valence-electron chi connectivity index (χ2n) is 9.58. The topological polar surface area (TPSA) is 118 Å². The number of carbonyl (C=O) groups is 3. The molecule has 6 rings (SSSR count). The number of ether oxygens (including phenoxy) is 3. The van der Waals surface area contributed by atoms with Crippen molar-refractivity contribution < 1.29 is 28.6 Å². The predicted octanol–water partition coefficient (Wildman–Crippen LogP) is 1.51. The quantitative estimate of drug-likeness (QED) is 0.524. The van der Waals surface area contributed by atoms with Crippen LogP contribution < -0.4 is 30.2 Å². The molecule has 2 saturated heterocycles. The third-order valence-electron chi connectivity index (χ3n) is 7.07. The summed E-state index contributed by atoms with van der Waals surface area (Å²) in [6.07, 6.45) is 1.21. The van der Waals surface area contributed by atoms with E-state index in [-0.39, 0.29) is 42.7 Å². The molecule has 0 aliphatic carbocycles. The molecule has 4 bridgehead atoms. The Balaban J connectivity index is 0.00000336. The number of nitrogens with zero attached hydrogens (tertiary/aromatic N) is 1. The molecule has 0 aromatic heterocycles. The zero-order valence-corrected chi connectivity index (χ0v) is 22.1. The van der Waals surface area contributed by atoms with Gasteiger partial charge in [-0.15, -0.1) is 12.4 Å². The summed E-state index contributed by atoms with van der Waals surface area (Å²) in [6.45, 7) is 2.54. The lowest BCUT2D eigenvalue weighted by Crippen LogP contribution is -2.45. The number of nitrogens with one attached hydrogen (secondary N) is 3. The number of carbonyl (C=O) groups excluding carboxylic acids is 3. The highest BCUT2D eigenvalue weighted by Crippen LogP contribution is 2.29. The van der Waals surface area contributed by atoms with Crippen molar-refractivity contribution in [3.63, 3.8) is 0 Å². The van der Waals surface area contributed by atoms with Gasteiger partial charge in [0, 0.05) is 24.6 Å². The summed E-state index contributed by atoms with van der Waals surface area (Å²) in [5, 5.41) is 9.18. The Hall–Kier alpha value is -3.50. The minimum absolute atomic E-state index is 0. The molecule has 10 nitrogen and oxygen atoms in total. The van der Waals surface area contributed by atoms with Crippen LogP contribution in [0.15, 0.2) is 42.5 Å². The number of likely N-dealkylation sites (tertiary alicyclic amines) is 1. The van der Waals surface area contributed by atoms with Gasteiger partial charge in [0.05, 0.1) is 19.7 Å². The van der Waals surface area contributed by atoms with Crippen molar-refractivity contribution in [1.82, 2.24) is 20.9 Å². The molecule has 2 fully saturated rings. The van der Waals surface area contributed by atoms with Crippen molar-refractivity contribution in [3.05, 3.63) is 53.6 Å². The smallest absolute Gasteiger partial charge is 0.258 e. The van der Waals surface area contributed by atoms with Crippen LogP contribution in [-0.2, 0) is 16.1 Å². The van der Waals surface area contributed by atoms with E-state index in [1.807, 2.05) is 29.2 Å². The summed E-state index contributed by atoms with van der Waals surface area (Å²) in [5.41, 5.74) is 1.26. The second kappa shape index (κ2) is 12.4. The Morgan fingerprint density at radius 3 is 2.55 bits per heavy atom. The Labute approximate surface area is 227 Å². The lowest BCUT2D eigenvalue weighted by molar-refractivity contribution is -0.135. The maximum Gasteiger partial charge on any atom is 0.258 e. The summed E-state index contributed by atoms with van der Waals surface area (Å²) in [6, 6.07) is 11.8. The fraction of sp³-hybridized carbons (Fsp3) is 0.444. The lowest BCUT2D eigenvalue weighted by atomic mass is 9.97. The number of hydrogen-bond donors (Lipinski definition) is 3. The van der Waals surface area contributed by atoms with Gasteiger partial charge in [-0.3, -0.25) is 14.4 Å². The molecule has 0 spiro atoms. The summed E-state index contributed by atoms with van der Waals surface area (Å²) in [5.74, 6) is 0.813. The van der Waals surface area contributed by atoms with Crippen LogP contribution in [-0.4, -0.2) is 74.7 Å².